The largest absolute Gasteiger partial charge is 0.416 e. The molecule has 3 rings (SSSR count). The van der Waals surface area contributed by atoms with Crippen LogP contribution in [0.4, 0.5) is 17.6 Å². The smallest absolute Gasteiger partial charge is 0.374 e. The Hall–Kier alpha value is -2.08. The second-order valence-corrected chi connectivity index (χ2v) is 7.07. The normalized spacial score (nSPS) is 16.8. The number of alkyl halides is 3. The fourth-order valence-corrected chi connectivity index (χ4v) is 2.96. The number of halogens is 5. The molecule has 0 radical (unpaired) electrons. The van der Waals surface area contributed by atoms with Gasteiger partial charge in [0, 0.05) is 11.9 Å². The maximum atomic E-state index is 14.0. The summed E-state index contributed by atoms with van der Waals surface area (Å²) in [5.74, 6) is -0.703. The molecule has 2 nitrogen and oxygen atoms in total. The molecule has 1 aliphatic carbocycles. The van der Waals surface area contributed by atoms with Crippen LogP contribution in [0.2, 0.25) is 5.02 Å². The van der Waals surface area contributed by atoms with Gasteiger partial charge < -0.3 is 5.32 Å². The van der Waals surface area contributed by atoms with Crippen molar-refractivity contribution < 1.29 is 17.6 Å². The molecule has 1 aliphatic rings. The van der Waals surface area contributed by atoms with E-state index in [0.717, 1.165) is 25.0 Å². The number of pyridine rings is 1. The minimum atomic E-state index is -4.65. The summed E-state index contributed by atoms with van der Waals surface area (Å²) in [6.45, 7) is 5.64. The van der Waals surface area contributed by atoms with Crippen LogP contribution in [-0.2, 0) is 11.7 Å². The highest BCUT2D eigenvalue weighted by Crippen LogP contribution is 2.39. The first-order valence-electron chi connectivity index (χ1n) is 8.07. The maximum absolute atomic E-state index is 14.0. The maximum Gasteiger partial charge on any atom is 0.416 e. The molecule has 1 aromatic carbocycles. The van der Waals surface area contributed by atoms with Gasteiger partial charge >= 0.3 is 6.18 Å². The van der Waals surface area contributed by atoms with E-state index >= 15 is 0 Å². The van der Waals surface area contributed by atoms with Gasteiger partial charge in [-0.2, -0.15) is 13.2 Å². The molecule has 1 atom stereocenters. The van der Waals surface area contributed by atoms with E-state index in [1.165, 1.54) is 6.20 Å². The molecule has 0 aliphatic heterocycles. The predicted octanol–water partition coefficient (Wildman–Crippen LogP) is 5.67. The molecule has 2 aromatic rings. The van der Waals surface area contributed by atoms with E-state index in [4.69, 9.17) is 11.6 Å². The predicted molar refractivity (Wildman–Crippen MR) is 92.1 cm³/mol. The summed E-state index contributed by atoms with van der Waals surface area (Å²) >= 11 is 5.88. The first kappa shape index (κ1) is 18.7. The van der Waals surface area contributed by atoms with Crippen molar-refractivity contribution in [2.45, 2.75) is 31.5 Å². The van der Waals surface area contributed by atoms with Crippen molar-refractivity contribution in [1.82, 2.24) is 10.3 Å². The Morgan fingerprint density at radius 1 is 1.19 bits per heavy atom. The lowest BCUT2D eigenvalue weighted by Gasteiger charge is -2.33. The summed E-state index contributed by atoms with van der Waals surface area (Å²) in [6, 6.07) is 5.70. The number of nitrogens with zero attached hydrogens (tertiary/aromatic N) is 1. The van der Waals surface area contributed by atoms with Crippen molar-refractivity contribution in [2.24, 2.45) is 5.92 Å². The zero-order valence-electron chi connectivity index (χ0n) is 14.0. The molecule has 1 N–H and O–H groups in total. The Morgan fingerprint density at radius 2 is 1.85 bits per heavy atom. The van der Waals surface area contributed by atoms with Crippen LogP contribution in [0.25, 0.3) is 0 Å². The van der Waals surface area contributed by atoms with Crippen molar-refractivity contribution in [3.05, 3.63) is 76.5 Å². The van der Waals surface area contributed by atoms with Crippen molar-refractivity contribution in [2.75, 3.05) is 0 Å². The standard InChI is InChI=1S/C19H17ClF4N2/c1-11(12-3-4-12)26-18(2,17-6-5-15(20)10-25-17)13-7-14(19(22,23)24)9-16(21)8-13/h5-10,12,26H,1,3-4H2,2H3/t18-/m1/s1. The molecular formula is C19H17ClF4N2. The first-order chi connectivity index (χ1) is 12.1. The Bertz CT molecular complexity index is 828. The van der Waals surface area contributed by atoms with Gasteiger partial charge in [-0.05, 0) is 61.6 Å². The van der Waals surface area contributed by atoms with E-state index in [9.17, 15) is 17.6 Å². The fraction of sp³-hybridized carbons (Fsp3) is 0.316. The summed E-state index contributed by atoms with van der Waals surface area (Å²) < 4.78 is 53.4. The Kier molecular flexibility index (Phi) is 4.73. The van der Waals surface area contributed by atoms with Gasteiger partial charge in [-0.3, -0.25) is 4.98 Å². The topological polar surface area (TPSA) is 24.9 Å². The highest BCUT2D eigenvalue weighted by atomic mass is 35.5. The lowest BCUT2D eigenvalue weighted by molar-refractivity contribution is -0.137. The number of benzene rings is 1. The van der Waals surface area contributed by atoms with Crippen molar-refractivity contribution in [3.63, 3.8) is 0 Å². The quantitative estimate of drug-likeness (QED) is 0.672. The summed E-state index contributed by atoms with van der Waals surface area (Å²) in [5.41, 5.74) is -1.01. The van der Waals surface area contributed by atoms with Gasteiger partial charge in [0.25, 0.3) is 0 Å². The molecule has 0 saturated heterocycles. The van der Waals surface area contributed by atoms with E-state index in [-0.39, 0.29) is 11.5 Å². The van der Waals surface area contributed by atoms with E-state index < -0.39 is 23.1 Å². The molecule has 0 amide bonds. The van der Waals surface area contributed by atoms with Crippen LogP contribution >= 0.6 is 11.6 Å². The summed E-state index contributed by atoms with van der Waals surface area (Å²) in [4.78, 5) is 4.24. The molecule has 0 spiro atoms. The number of rotatable bonds is 5. The van der Waals surface area contributed by atoms with Crippen LogP contribution < -0.4 is 5.32 Å². The van der Waals surface area contributed by atoms with Crippen LogP contribution in [0, 0.1) is 11.7 Å². The third-order valence-electron chi connectivity index (χ3n) is 4.52. The molecule has 138 valence electrons. The Labute approximate surface area is 153 Å². The van der Waals surface area contributed by atoms with E-state index in [0.29, 0.717) is 22.5 Å². The van der Waals surface area contributed by atoms with Gasteiger partial charge in [0.2, 0.25) is 0 Å². The first-order valence-corrected chi connectivity index (χ1v) is 8.44. The van der Waals surface area contributed by atoms with Gasteiger partial charge in [-0.15, -0.1) is 0 Å². The average Bonchev–Trinajstić information content (AvgIpc) is 3.39. The highest BCUT2D eigenvalue weighted by Gasteiger charge is 2.38. The number of hydrogen-bond acceptors (Lipinski definition) is 2. The number of nitrogens with one attached hydrogen (secondary N) is 1. The minimum absolute atomic E-state index is 0.112. The molecule has 1 fully saturated rings. The van der Waals surface area contributed by atoms with Gasteiger partial charge in [0.1, 0.15) is 11.4 Å². The van der Waals surface area contributed by atoms with Crippen LogP contribution in [0.15, 0.2) is 48.8 Å². The van der Waals surface area contributed by atoms with Gasteiger partial charge in [0.15, 0.2) is 0 Å². The number of allylic oxidation sites excluding steroid dienone is 1. The van der Waals surface area contributed by atoms with Crippen LogP contribution in [0.5, 0.6) is 0 Å². The SMILES string of the molecule is C=C(N[C@](C)(c1cc(F)cc(C(F)(F)F)c1)c1ccc(Cl)cn1)C1CC1. The second-order valence-electron chi connectivity index (χ2n) is 6.64. The van der Waals surface area contributed by atoms with Gasteiger partial charge in [-0.25, -0.2) is 4.39 Å². The third kappa shape index (κ3) is 3.85. The van der Waals surface area contributed by atoms with Crippen LogP contribution in [-0.4, -0.2) is 4.98 Å². The van der Waals surface area contributed by atoms with E-state index in [1.54, 1.807) is 19.1 Å². The number of aromatic nitrogens is 1. The van der Waals surface area contributed by atoms with E-state index in [1.807, 2.05) is 0 Å². The molecular weight excluding hydrogens is 368 g/mol. The lowest BCUT2D eigenvalue weighted by Crippen LogP contribution is -2.41. The fourth-order valence-electron chi connectivity index (χ4n) is 2.85. The van der Waals surface area contributed by atoms with Crippen molar-refractivity contribution >= 4 is 11.6 Å². The molecule has 1 aromatic heterocycles. The van der Waals surface area contributed by atoms with E-state index in [2.05, 4.69) is 16.9 Å². The molecule has 7 heteroatoms. The van der Waals surface area contributed by atoms with Crippen LogP contribution in [0.1, 0.15) is 36.6 Å². The monoisotopic (exact) mass is 384 g/mol. The van der Waals surface area contributed by atoms with Crippen molar-refractivity contribution in [3.8, 4) is 0 Å². The zero-order chi connectivity index (χ0) is 19.1. The minimum Gasteiger partial charge on any atom is -0.374 e. The Morgan fingerprint density at radius 3 is 2.38 bits per heavy atom. The zero-order valence-corrected chi connectivity index (χ0v) is 14.8. The molecule has 0 unspecified atom stereocenters. The molecule has 1 heterocycles. The van der Waals surface area contributed by atoms with Gasteiger partial charge in [0.05, 0.1) is 16.3 Å². The van der Waals surface area contributed by atoms with Gasteiger partial charge in [-0.1, -0.05) is 18.2 Å². The summed E-state index contributed by atoms with van der Waals surface area (Å²) in [6.07, 6.45) is -1.32. The third-order valence-corrected chi connectivity index (χ3v) is 4.75. The molecule has 1 saturated carbocycles. The molecule has 0 bridgehead atoms. The Balaban J connectivity index is 2.12. The van der Waals surface area contributed by atoms with Crippen molar-refractivity contribution in [1.29, 1.82) is 0 Å². The van der Waals surface area contributed by atoms with Crippen LogP contribution in [0.3, 0.4) is 0 Å². The highest BCUT2D eigenvalue weighted by molar-refractivity contribution is 6.30. The number of hydrogen-bond donors (Lipinski definition) is 1. The summed E-state index contributed by atoms with van der Waals surface area (Å²) in [5, 5.41) is 3.57. The molecule has 26 heavy (non-hydrogen) atoms. The average molecular weight is 385 g/mol. The lowest BCUT2D eigenvalue weighted by atomic mass is 9.86. The second kappa shape index (κ2) is 6.58. The summed E-state index contributed by atoms with van der Waals surface area (Å²) in [7, 11) is 0.